The summed E-state index contributed by atoms with van der Waals surface area (Å²) >= 11 is 0. The number of rotatable bonds is 3. The van der Waals surface area contributed by atoms with Gasteiger partial charge >= 0.3 is 7.12 Å². The molecule has 1 aliphatic rings. The number of aliphatic hydroxyl groups excluding tert-OH is 1. The van der Waals surface area contributed by atoms with Crippen molar-refractivity contribution in [1.29, 1.82) is 0 Å². The number of para-hydroxylation sites is 1. The number of fused-ring (bicyclic) bond motifs is 1. The minimum absolute atomic E-state index is 0.174. The molecule has 25 heavy (non-hydrogen) atoms. The lowest BCUT2D eigenvalue weighted by Gasteiger charge is -2.29. The van der Waals surface area contributed by atoms with E-state index in [0.29, 0.717) is 23.2 Å². The van der Waals surface area contributed by atoms with Crippen molar-refractivity contribution in [2.24, 2.45) is 0 Å². The quantitative estimate of drug-likeness (QED) is 0.311. The van der Waals surface area contributed by atoms with E-state index in [9.17, 15) is 20.0 Å². The second-order valence-electron chi connectivity index (χ2n) is 6.07. The molecule has 3 rings (SSSR count). The van der Waals surface area contributed by atoms with Crippen molar-refractivity contribution in [3.63, 3.8) is 0 Å². The number of carbonyl (C=O) groups excluding carboxylic acids is 1. The van der Waals surface area contributed by atoms with E-state index in [1.54, 1.807) is 30.3 Å². The second kappa shape index (κ2) is 6.75. The Kier molecular flexibility index (Phi) is 4.67. The van der Waals surface area contributed by atoms with Gasteiger partial charge in [0.1, 0.15) is 5.75 Å². The van der Waals surface area contributed by atoms with Crippen LogP contribution in [0.2, 0.25) is 0 Å². The van der Waals surface area contributed by atoms with Crippen molar-refractivity contribution in [3.8, 4) is 5.75 Å². The molecule has 0 aromatic heterocycles. The highest BCUT2D eigenvalue weighted by Crippen LogP contribution is 2.33. The summed E-state index contributed by atoms with van der Waals surface area (Å²) in [5.74, 6) is -0.815. The summed E-state index contributed by atoms with van der Waals surface area (Å²) < 4.78 is 5.41. The van der Waals surface area contributed by atoms with Gasteiger partial charge in [-0.15, -0.1) is 0 Å². The molecule has 0 spiro atoms. The zero-order chi connectivity index (χ0) is 18.1. The van der Waals surface area contributed by atoms with E-state index in [0.717, 1.165) is 5.56 Å². The number of amides is 1. The first-order valence-corrected chi connectivity index (χ1v) is 7.86. The van der Waals surface area contributed by atoms with Gasteiger partial charge < -0.3 is 30.9 Å². The van der Waals surface area contributed by atoms with Crippen molar-refractivity contribution >= 4 is 18.7 Å². The van der Waals surface area contributed by atoms with Gasteiger partial charge in [-0.1, -0.05) is 24.3 Å². The lowest BCUT2D eigenvalue weighted by molar-refractivity contribution is -0.0436. The maximum absolute atomic E-state index is 12.4. The van der Waals surface area contributed by atoms with E-state index in [1.807, 2.05) is 6.92 Å². The van der Waals surface area contributed by atoms with Crippen molar-refractivity contribution in [2.45, 2.75) is 25.6 Å². The van der Waals surface area contributed by atoms with Crippen LogP contribution < -0.4 is 15.7 Å². The number of anilines is 1. The van der Waals surface area contributed by atoms with Crippen LogP contribution in [0.4, 0.5) is 5.69 Å². The molecule has 0 radical (unpaired) electrons. The number of nitrogen functional groups attached to an aromatic ring is 1. The van der Waals surface area contributed by atoms with Gasteiger partial charge in [0.05, 0.1) is 5.94 Å². The Morgan fingerprint density at radius 1 is 1.36 bits per heavy atom. The summed E-state index contributed by atoms with van der Waals surface area (Å²) in [5, 5.41) is 31.7. The van der Waals surface area contributed by atoms with Gasteiger partial charge in [-0.05, 0) is 36.6 Å². The number of hydrogen-bond acceptors (Lipinski definition) is 6. The molecule has 2 aromatic rings. The molecule has 0 bridgehead atoms. The van der Waals surface area contributed by atoms with E-state index >= 15 is 0 Å². The monoisotopic (exact) mass is 342 g/mol. The summed E-state index contributed by atoms with van der Waals surface area (Å²) in [6, 6.07) is 9.90. The fraction of sp³-hybridized carbons (Fsp3) is 0.235. The molecule has 0 saturated heterocycles. The molecule has 0 aliphatic carbocycles. The third-order valence-electron chi connectivity index (χ3n) is 4.29. The Bertz CT molecular complexity index is 812. The SMILES string of the molecule is Cc1ccc(C(=O)N[C@H]2Cc3cccc(C(O)O)c3OB2O)cc1N. The standard InChI is InChI=1S/C17H19BN2O5/c1-9-5-6-11(7-13(9)19)16(21)20-14-8-10-3-2-4-12(17(22)23)15(10)25-18(14)24/h2-7,14,17,22-24H,8,19H2,1H3,(H,20,21)/t14-/m0/s1. The summed E-state index contributed by atoms with van der Waals surface area (Å²) in [6.07, 6.45) is -1.41. The lowest BCUT2D eigenvalue weighted by atomic mass is 9.72. The normalized spacial score (nSPS) is 16.4. The second-order valence-corrected chi connectivity index (χ2v) is 6.07. The van der Waals surface area contributed by atoms with E-state index in [-0.39, 0.29) is 17.2 Å². The smallest absolute Gasteiger partial charge is 0.534 e. The Balaban J connectivity index is 1.79. The van der Waals surface area contributed by atoms with Crippen LogP contribution in [0.25, 0.3) is 0 Å². The van der Waals surface area contributed by atoms with Crippen molar-refractivity contribution < 1.29 is 24.7 Å². The maximum atomic E-state index is 12.4. The molecular weight excluding hydrogens is 323 g/mol. The highest BCUT2D eigenvalue weighted by atomic mass is 16.5. The first-order chi connectivity index (χ1) is 11.9. The van der Waals surface area contributed by atoms with Crippen LogP contribution in [0.3, 0.4) is 0 Å². The van der Waals surface area contributed by atoms with Crippen LogP contribution in [0.5, 0.6) is 5.75 Å². The molecule has 0 fully saturated rings. The van der Waals surface area contributed by atoms with Gasteiger partial charge in [0.25, 0.3) is 5.91 Å². The third-order valence-corrected chi connectivity index (χ3v) is 4.29. The molecule has 7 nitrogen and oxygen atoms in total. The van der Waals surface area contributed by atoms with Gasteiger partial charge in [0, 0.05) is 16.8 Å². The molecule has 1 aliphatic heterocycles. The molecule has 0 saturated carbocycles. The van der Waals surface area contributed by atoms with Gasteiger partial charge in [-0.3, -0.25) is 4.79 Å². The van der Waals surface area contributed by atoms with Gasteiger partial charge in [0.2, 0.25) is 0 Å². The lowest BCUT2D eigenvalue weighted by Crippen LogP contribution is -2.53. The average molecular weight is 342 g/mol. The summed E-state index contributed by atoms with van der Waals surface area (Å²) in [4.78, 5) is 12.4. The van der Waals surface area contributed by atoms with Gasteiger partial charge in [0.15, 0.2) is 6.29 Å². The number of hydrogen-bond donors (Lipinski definition) is 5. The van der Waals surface area contributed by atoms with Crippen LogP contribution in [0, 0.1) is 6.92 Å². The Hall–Kier alpha value is -2.55. The number of aliphatic hydroxyl groups is 2. The fourth-order valence-corrected chi connectivity index (χ4v) is 2.81. The summed E-state index contributed by atoms with van der Waals surface area (Å²) in [6.45, 7) is 1.85. The van der Waals surface area contributed by atoms with Crippen LogP contribution in [-0.4, -0.2) is 34.2 Å². The first-order valence-electron chi connectivity index (χ1n) is 7.86. The highest BCUT2D eigenvalue weighted by molar-refractivity contribution is 6.47. The molecule has 0 unspecified atom stereocenters. The Labute approximate surface area is 145 Å². The molecule has 1 amide bonds. The number of nitrogens with two attached hydrogens (primary N) is 1. The average Bonchev–Trinajstić information content (AvgIpc) is 2.57. The minimum Gasteiger partial charge on any atom is -0.534 e. The van der Waals surface area contributed by atoms with E-state index < -0.39 is 19.3 Å². The molecule has 6 N–H and O–H groups in total. The number of nitrogens with one attached hydrogen (secondary N) is 1. The molecular formula is C17H19BN2O5. The number of aryl methyl sites for hydroxylation is 1. The molecule has 1 heterocycles. The molecule has 130 valence electrons. The third kappa shape index (κ3) is 3.46. The van der Waals surface area contributed by atoms with Crippen molar-refractivity contribution in [1.82, 2.24) is 5.32 Å². The zero-order valence-electron chi connectivity index (χ0n) is 13.6. The van der Waals surface area contributed by atoms with Crippen LogP contribution in [0.1, 0.15) is 33.3 Å². The van der Waals surface area contributed by atoms with Crippen molar-refractivity contribution in [3.05, 3.63) is 58.7 Å². The summed E-state index contributed by atoms with van der Waals surface area (Å²) in [5.41, 5.74) is 8.45. The molecule has 1 atom stereocenters. The number of carbonyl (C=O) groups is 1. The highest BCUT2D eigenvalue weighted by Gasteiger charge is 2.37. The van der Waals surface area contributed by atoms with E-state index in [4.69, 9.17) is 10.4 Å². The molecule has 2 aromatic carbocycles. The van der Waals surface area contributed by atoms with Gasteiger partial charge in [-0.2, -0.15) is 0 Å². The number of benzene rings is 2. The van der Waals surface area contributed by atoms with E-state index in [1.165, 1.54) is 6.07 Å². The van der Waals surface area contributed by atoms with E-state index in [2.05, 4.69) is 5.32 Å². The minimum atomic E-state index is -1.70. The van der Waals surface area contributed by atoms with Gasteiger partial charge in [-0.25, -0.2) is 0 Å². The molecule has 8 heteroatoms. The maximum Gasteiger partial charge on any atom is 0.547 e. The van der Waals surface area contributed by atoms with Crippen molar-refractivity contribution in [2.75, 3.05) is 5.73 Å². The largest absolute Gasteiger partial charge is 0.547 e. The zero-order valence-corrected chi connectivity index (χ0v) is 13.6. The first kappa shape index (κ1) is 17.3. The Morgan fingerprint density at radius 3 is 2.80 bits per heavy atom. The van der Waals surface area contributed by atoms with Crippen LogP contribution in [0.15, 0.2) is 36.4 Å². The predicted octanol–water partition coefficient (Wildman–Crippen LogP) is 0.314. The Morgan fingerprint density at radius 2 is 2.12 bits per heavy atom. The summed E-state index contributed by atoms with van der Waals surface area (Å²) in [7, 11) is -1.31. The fourth-order valence-electron chi connectivity index (χ4n) is 2.81. The van der Waals surface area contributed by atoms with Crippen LogP contribution in [-0.2, 0) is 6.42 Å². The topological polar surface area (TPSA) is 125 Å². The van der Waals surface area contributed by atoms with Crippen LogP contribution >= 0.6 is 0 Å². The predicted molar refractivity (Wildman–Crippen MR) is 92.8 cm³/mol.